The van der Waals surface area contributed by atoms with Crippen LogP contribution in [-0.2, 0) is 0 Å². The molecule has 0 saturated carbocycles. The molecule has 0 saturated heterocycles. The van der Waals surface area contributed by atoms with Gasteiger partial charge in [-0.25, -0.2) is 0 Å². The number of aromatic nitrogens is 1. The molecule has 0 aliphatic heterocycles. The summed E-state index contributed by atoms with van der Waals surface area (Å²) in [5.74, 6) is 0.0762. The number of pyridine rings is 1. The zero-order valence-electron chi connectivity index (χ0n) is 12.8. The minimum Gasteiger partial charge on any atom is -0.336 e. The van der Waals surface area contributed by atoms with Crippen molar-refractivity contribution in [3.8, 4) is 0 Å². The van der Waals surface area contributed by atoms with Crippen LogP contribution in [0.15, 0.2) is 35.4 Å². The van der Waals surface area contributed by atoms with Crippen molar-refractivity contribution in [2.45, 2.75) is 44.6 Å². The predicted molar refractivity (Wildman–Crippen MR) is 90.1 cm³/mol. The van der Waals surface area contributed by atoms with Crippen molar-refractivity contribution in [2.24, 2.45) is 0 Å². The third-order valence-corrected chi connectivity index (χ3v) is 4.12. The SMILES string of the molecule is CCCN(C(=O)c1cc(S)c2ncccc2c1)C(C)CC. The molecule has 0 N–H and O–H groups in total. The first-order valence-corrected chi connectivity index (χ1v) is 7.91. The van der Waals surface area contributed by atoms with Gasteiger partial charge in [-0.2, -0.15) is 0 Å². The lowest BCUT2D eigenvalue weighted by Gasteiger charge is -2.28. The molecule has 0 spiro atoms. The molecular weight excluding hydrogens is 280 g/mol. The van der Waals surface area contributed by atoms with Crippen LogP contribution in [0.4, 0.5) is 0 Å². The second-order valence-electron chi connectivity index (χ2n) is 5.33. The number of rotatable bonds is 5. The number of thiol groups is 1. The minimum absolute atomic E-state index is 0.0762. The van der Waals surface area contributed by atoms with Gasteiger partial charge in [-0.1, -0.05) is 19.9 Å². The van der Waals surface area contributed by atoms with Gasteiger partial charge in [-0.05, 0) is 38.0 Å². The molecule has 0 fully saturated rings. The molecule has 1 aromatic carbocycles. The molecule has 2 rings (SSSR count). The van der Waals surface area contributed by atoms with Crippen LogP contribution in [0.25, 0.3) is 10.9 Å². The Bertz CT molecular complexity index is 642. The summed E-state index contributed by atoms with van der Waals surface area (Å²) in [6.45, 7) is 7.07. The van der Waals surface area contributed by atoms with Crippen LogP contribution in [0.1, 0.15) is 44.0 Å². The first-order valence-electron chi connectivity index (χ1n) is 7.47. The van der Waals surface area contributed by atoms with Gasteiger partial charge in [0.05, 0.1) is 5.52 Å². The number of amides is 1. The number of hydrogen-bond acceptors (Lipinski definition) is 3. The van der Waals surface area contributed by atoms with E-state index in [-0.39, 0.29) is 11.9 Å². The van der Waals surface area contributed by atoms with E-state index in [0.29, 0.717) is 5.56 Å². The summed E-state index contributed by atoms with van der Waals surface area (Å²) in [7, 11) is 0. The normalized spacial score (nSPS) is 12.4. The molecule has 21 heavy (non-hydrogen) atoms. The highest BCUT2D eigenvalue weighted by atomic mass is 32.1. The Hall–Kier alpha value is -1.55. The van der Waals surface area contributed by atoms with Crippen molar-refractivity contribution in [3.63, 3.8) is 0 Å². The summed E-state index contributed by atoms with van der Waals surface area (Å²) in [5.41, 5.74) is 1.53. The molecule has 0 aliphatic rings. The van der Waals surface area contributed by atoms with Crippen LogP contribution < -0.4 is 0 Å². The van der Waals surface area contributed by atoms with E-state index in [1.54, 1.807) is 6.20 Å². The molecule has 1 heterocycles. The fraction of sp³-hybridized carbons (Fsp3) is 0.412. The molecule has 0 bridgehead atoms. The number of nitrogens with zero attached hydrogens (tertiary/aromatic N) is 2. The van der Waals surface area contributed by atoms with E-state index < -0.39 is 0 Å². The largest absolute Gasteiger partial charge is 0.336 e. The minimum atomic E-state index is 0.0762. The van der Waals surface area contributed by atoms with Crippen molar-refractivity contribution in [1.29, 1.82) is 0 Å². The lowest BCUT2D eigenvalue weighted by molar-refractivity contribution is 0.0688. The first-order chi connectivity index (χ1) is 10.1. The summed E-state index contributed by atoms with van der Waals surface area (Å²) >= 11 is 4.48. The second kappa shape index (κ2) is 6.94. The van der Waals surface area contributed by atoms with Crippen LogP contribution in [0.3, 0.4) is 0 Å². The van der Waals surface area contributed by atoms with E-state index in [1.807, 2.05) is 29.2 Å². The van der Waals surface area contributed by atoms with Gasteiger partial charge in [0, 0.05) is 34.6 Å². The van der Waals surface area contributed by atoms with E-state index >= 15 is 0 Å². The zero-order valence-corrected chi connectivity index (χ0v) is 13.7. The lowest BCUT2D eigenvalue weighted by atomic mass is 10.1. The Morgan fingerprint density at radius 2 is 2.14 bits per heavy atom. The highest BCUT2D eigenvalue weighted by Gasteiger charge is 2.20. The molecule has 1 atom stereocenters. The molecule has 2 aromatic rings. The molecular formula is C17H22N2OS. The Morgan fingerprint density at radius 1 is 1.38 bits per heavy atom. The topological polar surface area (TPSA) is 33.2 Å². The summed E-state index contributed by atoms with van der Waals surface area (Å²) in [5, 5.41) is 0.953. The van der Waals surface area contributed by atoms with Crippen LogP contribution in [0, 0.1) is 0 Å². The fourth-order valence-corrected chi connectivity index (χ4v) is 2.77. The van der Waals surface area contributed by atoms with E-state index in [2.05, 4.69) is 38.4 Å². The number of carbonyl (C=O) groups is 1. The molecule has 0 aliphatic carbocycles. The maximum absolute atomic E-state index is 12.8. The monoisotopic (exact) mass is 302 g/mol. The van der Waals surface area contributed by atoms with Gasteiger partial charge in [0.1, 0.15) is 0 Å². The van der Waals surface area contributed by atoms with Gasteiger partial charge >= 0.3 is 0 Å². The average molecular weight is 302 g/mol. The van der Waals surface area contributed by atoms with E-state index in [0.717, 1.165) is 35.2 Å². The van der Waals surface area contributed by atoms with E-state index in [1.165, 1.54) is 0 Å². The van der Waals surface area contributed by atoms with Crippen molar-refractivity contribution >= 4 is 29.4 Å². The second-order valence-corrected chi connectivity index (χ2v) is 5.81. The predicted octanol–water partition coefficient (Wildman–Crippen LogP) is 4.17. The van der Waals surface area contributed by atoms with Gasteiger partial charge in [-0.3, -0.25) is 9.78 Å². The van der Waals surface area contributed by atoms with Crippen molar-refractivity contribution in [2.75, 3.05) is 6.54 Å². The summed E-state index contributed by atoms with van der Waals surface area (Å²) in [4.78, 5) is 19.8. The Labute approximate surface area is 131 Å². The van der Waals surface area contributed by atoms with Crippen LogP contribution in [-0.4, -0.2) is 28.4 Å². The average Bonchev–Trinajstić information content (AvgIpc) is 2.51. The van der Waals surface area contributed by atoms with Crippen LogP contribution in [0.5, 0.6) is 0 Å². The molecule has 1 aromatic heterocycles. The van der Waals surface area contributed by atoms with Crippen molar-refractivity contribution in [3.05, 3.63) is 36.0 Å². The lowest BCUT2D eigenvalue weighted by Crippen LogP contribution is -2.38. The smallest absolute Gasteiger partial charge is 0.254 e. The zero-order chi connectivity index (χ0) is 15.4. The van der Waals surface area contributed by atoms with Gasteiger partial charge < -0.3 is 4.90 Å². The Kier molecular flexibility index (Phi) is 5.23. The molecule has 0 radical (unpaired) electrons. The third kappa shape index (κ3) is 3.38. The maximum atomic E-state index is 12.8. The number of benzene rings is 1. The third-order valence-electron chi connectivity index (χ3n) is 3.78. The van der Waals surface area contributed by atoms with Gasteiger partial charge in [-0.15, -0.1) is 12.6 Å². The van der Waals surface area contributed by atoms with E-state index in [4.69, 9.17) is 0 Å². The fourth-order valence-electron chi connectivity index (χ4n) is 2.45. The van der Waals surface area contributed by atoms with Crippen molar-refractivity contribution < 1.29 is 4.79 Å². The van der Waals surface area contributed by atoms with Crippen LogP contribution >= 0.6 is 12.6 Å². The number of hydrogen-bond donors (Lipinski definition) is 1. The quantitative estimate of drug-likeness (QED) is 0.841. The summed E-state index contributed by atoms with van der Waals surface area (Å²) in [6.07, 6.45) is 3.65. The highest BCUT2D eigenvalue weighted by molar-refractivity contribution is 7.80. The molecule has 4 heteroatoms. The summed E-state index contributed by atoms with van der Waals surface area (Å²) < 4.78 is 0. The standard InChI is InChI=1S/C17H22N2OS/c1-4-9-19(12(3)5-2)17(20)14-10-13-7-6-8-18-16(13)15(21)11-14/h6-8,10-12,21H,4-5,9H2,1-3H3. The van der Waals surface area contributed by atoms with Crippen LogP contribution in [0.2, 0.25) is 0 Å². The summed E-state index contributed by atoms with van der Waals surface area (Å²) in [6, 6.07) is 7.82. The number of carbonyl (C=O) groups excluding carboxylic acids is 1. The molecule has 1 amide bonds. The van der Waals surface area contributed by atoms with Gasteiger partial charge in [0.15, 0.2) is 0 Å². The van der Waals surface area contributed by atoms with Crippen molar-refractivity contribution in [1.82, 2.24) is 9.88 Å². The Balaban J connectivity index is 2.42. The maximum Gasteiger partial charge on any atom is 0.254 e. The molecule has 3 nitrogen and oxygen atoms in total. The molecule has 1 unspecified atom stereocenters. The number of fused-ring (bicyclic) bond motifs is 1. The van der Waals surface area contributed by atoms with Gasteiger partial charge in [0.25, 0.3) is 5.91 Å². The van der Waals surface area contributed by atoms with Gasteiger partial charge in [0.2, 0.25) is 0 Å². The Morgan fingerprint density at radius 3 is 2.81 bits per heavy atom. The molecule has 112 valence electrons. The van der Waals surface area contributed by atoms with E-state index in [9.17, 15) is 4.79 Å². The first kappa shape index (κ1) is 15.8. The highest BCUT2D eigenvalue weighted by Crippen LogP contribution is 2.23.